The number of pyridine rings is 2. The Morgan fingerprint density at radius 3 is 3.07 bits per heavy atom. The van der Waals surface area contributed by atoms with E-state index < -0.39 is 0 Å². The molecule has 3 N–H and O–H groups in total. The number of aromatic amines is 1. The Bertz CT molecular complexity index is 560. The highest BCUT2D eigenvalue weighted by atomic mass is 15.1. The maximum atomic E-state index is 5.53. The van der Waals surface area contributed by atoms with Crippen molar-refractivity contribution in [1.82, 2.24) is 19.9 Å². The summed E-state index contributed by atoms with van der Waals surface area (Å²) in [5.41, 5.74) is 7.65. The number of imidazole rings is 1. The Balaban J connectivity index is 2.51. The Hall–Kier alpha value is -2.17. The molecule has 0 aromatic carbocycles. The van der Waals surface area contributed by atoms with Gasteiger partial charge in [0, 0.05) is 11.6 Å². The molecule has 0 aliphatic rings. The van der Waals surface area contributed by atoms with Crippen molar-refractivity contribution >= 4 is 28.1 Å². The molecule has 3 aromatic rings. The molecule has 0 unspecified atom stereocenters. The van der Waals surface area contributed by atoms with Gasteiger partial charge in [-0.25, -0.2) is 9.97 Å². The molecule has 0 amide bonds. The van der Waals surface area contributed by atoms with Crippen molar-refractivity contribution in [3.63, 3.8) is 0 Å². The number of nitrogens with zero attached hydrogens (tertiary/aromatic N) is 3. The smallest absolute Gasteiger partial charge is 0.200 e. The van der Waals surface area contributed by atoms with Gasteiger partial charge in [-0.05, 0) is 18.2 Å². The van der Waals surface area contributed by atoms with Crippen LogP contribution in [0.5, 0.6) is 0 Å². The molecule has 0 spiro atoms. The van der Waals surface area contributed by atoms with Crippen LogP contribution in [0, 0.1) is 0 Å². The predicted octanol–water partition coefficient (Wildman–Crippen LogP) is 1.09. The van der Waals surface area contributed by atoms with Crippen molar-refractivity contribution in [2.75, 3.05) is 5.73 Å². The van der Waals surface area contributed by atoms with Gasteiger partial charge in [-0.2, -0.15) is 4.98 Å². The maximum Gasteiger partial charge on any atom is 0.200 e. The van der Waals surface area contributed by atoms with Crippen LogP contribution < -0.4 is 5.73 Å². The Kier molecular flexibility index (Phi) is 1.25. The monoisotopic (exact) mass is 185 g/mol. The summed E-state index contributed by atoms with van der Waals surface area (Å²) in [5, 5.41) is 0.976. The third kappa shape index (κ3) is 0.922. The van der Waals surface area contributed by atoms with Gasteiger partial charge in [-0.3, -0.25) is 0 Å². The summed E-state index contributed by atoms with van der Waals surface area (Å²) in [4.78, 5) is 15.4. The van der Waals surface area contributed by atoms with E-state index in [9.17, 15) is 0 Å². The molecule has 0 bridgehead atoms. The molecular formula is C9H7N5. The largest absolute Gasteiger partial charge is 0.369 e. The summed E-state index contributed by atoms with van der Waals surface area (Å²) in [7, 11) is 0. The number of rotatable bonds is 0. The molecule has 68 valence electrons. The highest BCUT2D eigenvalue weighted by molar-refractivity contribution is 5.87. The lowest BCUT2D eigenvalue weighted by molar-refractivity contribution is 1.29. The number of nitrogen functional groups attached to an aromatic ring is 1. The zero-order valence-electron chi connectivity index (χ0n) is 7.23. The highest BCUT2D eigenvalue weighted by Crippen LogP contribution is 2.16. The van der Waals surface area contributed by atoms with E-state index in [1.165, 1.54) is 0 Å². The molecule has 0 fully saturated rings. The van der Waals surface area contributed by atoms with Crippen molar-refractivity contribution in [1.29, 1.82) is 0 Å². The maximum absolute atomic E-state index is 5.53. The number of hydrogen-bond donors (Lipinski definition) is 2. The first-order chi connectivity index (χ1) is 6.83. The Morgan fingerprint density at radius 2 is 2.14 bits per heavy atom. The van der Waals surface area contributed by atoms with E-state index in [1.807, 2.05) is 18.2 Å². The van der Waals surface area contributed by atoms with Crippen LogP contribution in [0.4, 0.5) is 5.95 Å². The first-order valence-electron chi connectivity index (χ1n) is 4.20. The minimum absolute atomic E-state index is 0.378. The molecule has 5 heteroatoms. The minimum Gasteiger partial charge on any atom is -0.369 e. The zero-order valence-corrected chi connectivity index (χ0v) is 7.23. The average Bonchev–Trinajstić information content (AvgIpc) is 2.53. The molecule has 14 heavy (non-hydrogen) atoms. The third-order valence-corrected chi connectivity index (χ3v) is 2.06. The van der Waals surface area contributed by atoms with Crippen molar-refractivity contribution in [3.8, 4) is 0 Å². The molecule has 3 rings (SSSR count). The molecule has 0 atom stereocenters. The van der Waals surface area contributed by atoms with E-state index in [-0.39, 0.29) is 0 Å². The van der Waals surface area contributed by atoms with Gasteiger partial charge < -0.3 is 10.7 Å². The van der Waals surface area contributed by atoms with Gasteiger partial charge >= 0.3 is 0 Å². The fourth-order valence-corrected chi connectivity index (χ4v) is 1.45. The van der Waals surface area contributed by atoms with Crippen LogP contribution in [0.2, 0.25) is 0 Å². The average molecular weight is 185 g/mol. The van der Waals surface area contributed by atoms with E-state index in [0.29, 0.717) is 17.2 Å². The number of nitrogens with two attached hydrogens (primary N) is 1. The van der Waals surface area contributed by atoms with Crippen LogP contribution in [-0.4, -0.2) is 19.9 Å². The number of aromatic nitrogens is 4. The van der Waals surface area contributed by atoms with E-state index in [4.69, 9.17) is 5.73 Å². The first kappa shape index (κ1) is 7.25. The fourth-order valence-electron chi connectivity index (χ4n) is 1.45. The lowest BCUT2D eigenvalue weighted by atomic mass is 10.3. The second-order valence-electron chi connectivity index (χ2n) is 3.03. The van der Waals surface area contributed by atoms with Gasteiger partial charge in [-0.15, -0.1) is 0 Å². The fraction of sp³-hybridized carbons (Fsp3) is 0. The second-order valence-corrected chi connectivity index (χ2v) is 3.03. The van der Waals surface area contributed by atoms with Gasteiger partial charge in [0.2, 0.25) is 0 Å². The van der Waals surface area contributed by atoms with Crippen molar-refractivity contribution in [3.05, 3.63) is 24.4 Å². The summed E-state index contributed by atoms with van der Waals surface area (Å²) >= 11 is 0. The Morgan fingerprint density at radius 1 is 1.21 bits per heavy atom. The van der Waals surface area contributed by atoms with Gasteiger partial charge in [-0.1, -0.05) is 0 Å². The van der Waals surface area contributed by atoms with E-state index in [2.05, 4.69) is 19.9 Å². The van der Waals surface area contributed by atoms with Crippen LogP contribution in [0.3, 0.4) is 0 Å². The Labute approximate surface area is 79.0 Å². The summed E-state index contributed by atoms with van der Waals surface area (Å²) in [6.07, 6.45) is 1.71. The topological polar surface area (TPSA) is 80.5 Å². The number of fused-ring (bicyclic) bond motifs is 2. The molecule has 0 aliphatic heterocycles. The quantitative estimate of drug-likeness (QED) is 0.549. The SMILES string of the molecule is Nc1nc2nc3ncccc3cc2[nH]1. The van der Waals surface area contributed by atoms with Crippen molar-refractivity contribution in [2.45, 2.75) is 0 Å². The van der Waals surface area contributed by atoms with Crippen LogP contribution >= 0.6 is 0 Å². The standard InChI is InChI=1S/C9H7N5/c10-9-12-6-4-5-2-1-3-11-7(5)13-8(6)14-9/h1-4H,(H3,10,11,12,13,14). The van der Waals surface area contributed by atoms with Crippen LogP contribution in [-0.2, 0) is 0 Å². The van der Waals surface area contributed by atoms with Gasteiger partial charge in [0.05, 0.1) is 5.52 Å². The van der Waals surface area contributed by atoms with Crippen LogP contribution in [0.15, 0.2) is 24.4 Å². The lowest BCUT2D eigenvalue weighted by Crippen LogP contribution is -1.85. The summed E-state index contributed by atoms with van der Waals surface area (Å²) in [6, 6.07) is 5.76. The second kappa shape index (κ2) is 2.41. The lowest BCUT2D eigenvalue weighted by Gasteiger charge is -1.93. The number of nitrogens with one attached hydrogen (secondary N) is 1. The minimum atomic E-state index is 0.378. The van der Waals surface area contributed by atoms with Gasteiger partial charge in [0.1, 0.15) is 0 Å². The zero-order chi connectivity index (χ0) is 9.54. The molecule has 0 saturated carbocycles. The first-order valence-corrected chi connectivity index (χ1v) is 4.20. The third-order valence-electron chi connectivity index (χ3n) is 2.06. The predicted molar refractivity (Wildman–Crippen MR) is 53.6 cm³/mol. The number of hydrogen-bond acceptors (Lipinski definition) is 4. The van der Waals surface area contributed by atoms with E-state index in [1.54, 1.807) is 6.20 Å². The normalized spacial score (nSPS) is 11.1. The van der Waals surface area contributed by atoms with Crippen molar-refractivity contribution < 1.29 is 0 Å². The number of anilines is 1. The molecule has 5 nitrogen and oxygen atoms in total. The molecule has 3 heterocycles. The van der Waals surface area contributed by atoms with E-state index >= 15 is 0 Å². The van der Waals surface area contributed by atoms with Crippen LogP contribution in [0.1, 0.15) is 0 Å². The summed E-state index contributed by atoms with van der Waals surface area (Å²) in [5.74, 6) is 0.378. The van der Waals surface area contributed by atoms with Crippen LogP contribution in [0.25, 0.3) is 22.2 Å². The molecule has 0 aliphatic carbocycles. The highest BCUT2D eigenvalue weighted by Gasteiger charge is 2.03. The summed E-state index contributed by atoms with van der Waals surface area (Å²) in [6.45, 7) is 0. The van der Waals surface area contributed by atoms with Gasteiger partial charge in [0.25, 0.3) is 0 Å². The van der Waals surface area contributed by atoms with Gasteiger partial charge in [0.15, 0.2) is 17.2 Å². The molecule has 0 saturated heterocycles. The molecule has 3 aromatic heterocycles. The van der Waals surface area contributed by atoms with Crippen molar-refractivity contribution in [2.24, 2.45) is 0 Å². The molecular weight excluding hydrogens is 178 g/mol. The van der Waals surface area contributed by atoms with E-state index in [0.717, 1.165) is 10.9 Å². The number of H-pyrrole nitrogens is 1. The summed E-state index contributed by atoms with van der Waals surface area (Å²) < 4.78 is 0. The molecule has 0 radical (unpaired) electrons.